The molecular weight excluding hydrogens is 196 g/mol. The molecule has 1 unspecified atom stereocenters. The van der Waals surface area contributed by atoms with E-state index in [2.05, 4.69) is 17.6 Å². The summed E-state index contributed by atoms with van der Waals surface area (Å²) in [5.41, 5.74) is 0.656. The van der Waals surface area contributed by atoms with Gasteiger partial charge < -0.3 is 10.6 Å². The van der Waals surface area contributed by atoms with Gasteiger partial charge in [0.25, 0.3) is 0 Å². The molecule has 2 heteroatoms. The SMILES string of the molecule is CCC1(CNCCC2CCCN2)CCCC1. The molecule has 1 aliphatic heterocycles. The van der Waals surface area contributed by atoms with Crippen LogP contribution in [0, 0.1) is 5.41 Å². The van der Waals surface area contributed by atoms with E-state index in [4.69, 9.17) is 0 Å². The Morgan fingerprint density at radius 2 is 2.06 bits per heavy atom. The van der Waals surface area contributed by atoms with Crippen molar-refractivity contribution in [1.82, 2.24) is 10.6 Å². The highest BCUT2D eigenvalue weighted by Crippen LogP contribution is 2.40. The highest BCUT2D eigenvalue weighted by Gasteiger charge is 2.31. The van der Waals surface area contributed by atoms with Crippen LogP contribution >= 0.6 is 0 Å². The number of nitrogens with one attached hydrogen (secondary N) is 2. The Morgan fingerprint density at radius 1 is 1.25 bits per heavy atom. The van der Waals surface area contributed by atoms with Gasteiger partial charge in [-0.25, -0.2) is 0 Å². The highest BCUT2D eigenvalue weighted by molar-refractivity contribution is 4.85. The molecule has 0 bridgehead atoms. The molecule has 0 aromatic carbocycles. The fraction of sp³-hybridized carbons (Fsp3) is 1.00. The van der Waals surface area contributed by atoms with Crippen molar-refractivity contribution < 1.29 is 0 Å². The summed E-state index contributed by atoms with van der Waals surface area (Å²) in [5, 5.41) is 7.27. The summed E-state index contributed by atoms with van der Waals surface area (Å²) in [6, 6.07) is 0.800. The molecule has 16 heavy (non-hydrogen) atoms. The Kier molecular flexibility index (Phi) is 4.66. The van der Waals surface area contributed by atoms with E-state index >= 15 is 0 Å². The Labute approximate surface area is 101 Å². The van der Waals surface area contributed by atoms with Crippen molar-refractivity contribution in [2.24, 2.45) is 5.41 Å². The zero-order valence-corrected chi connectivity index (χ0v) is 10.9. The summed E-state index contributed by atoms with van der Waals surface area (Å²) in [4.78, 5) is 0. The lowest BCUT2D eigenvalue weighted by molar-refractivity contribution is 0.267. The second-order valence-electron chi connectivity index (χ2n) is 5.82. The first kappa shape index (κ1) is 12.4. The molecule has 0 aromatic rings. The van der Waals surface area contributed by atoms with Crippen molar-refractivity contribution in [3.05, 3.63) is 0 Å². The maximum Gasteiger partial charge on any atom is 0.00796 e. The first-order valence-corrected chi connectivity index (χ1v) is 7.29. The van der Waals surface area contributed by atoms with Crippen molar-refractivity contribution in [2.75, 3.05) is 19.6 Å². The van der Waals surface area contributed by atoms with Gasteiger partial charge in [0, 0.05) is 12.6 Å². The van der Waals surface area contributed by atoms with Crippen LogP contribution in [0.15, 0.2) is 0 Å². The summed E-state index contributed by atoms with van der Waals surface area (Å²) >= 11 is 0. The molecule has 2 nitrogen and oxygen atoms in total. The van der Waals surface area contributed by atoms with E-state index in [9.17, 15) is 0 Å². The second kappa shape index (κ2) is 6.02. The highest BCUT2D eigenvalue weighted by atomic mass is 15.0. The minimum atomic E-state index is 0.656. The normalized spacial score (nSPS) is 28.7. The van der Waals surface area contributed by atoms with Gasteiger partial charge in [0.05, 0.1) is 0 Å². The van der Waals surface area contributed by atoms with Crippen LogP contribution in [0.25, 0.3) is 0 Å². The smallest absolute Gasteiger partial charge is 0.00796 e. The lowest BCUT2D eigenvalue weighted by atomic mass is 9.83. The molecule has 0 aromatic heterocycles. The second-order valence-corrected chi connectivity index (χ2v) is 5.82. The Hall–Kier alpha value is -0.0800. The van der Waals surface area contributed by atoms with Gasteiger partial charge in [-0.15, -0.1) is 0 Å². The van der Waals surface area contributed by atoms with Crippen LogP contribution in [-0.4, -0.2) is 25.7 Å². The van der Waals surface area contributed by atoms with E-state index in [0.717, 1.165) is 6.04 Å². The van der Waals surface area contributed by atoms with Crippen LogP contribution in [0.1, 0.15) is 58.3 Å². The van der Waals surface area contributed by atoms with Crippen molar-refractivity contribution >= 4 is 0 Å². The Bertz CT molecular complexity index is 191. The molecule has 2 aliphatic rings. The van der Waals surface area contributed by atoms with Gasteiger partial charge in [0.1, 0.15) is 0 Å². The molecule has 2 N–H and O–H groups in total. The van der Waals surface area contributed by atoms with Crippen LogP contribution in [0.3, 0.4) is 0 Å². The predicted molar refractivity (Wildman–Crippen MR) is 69.7 cm³/mol. The first-order chi connectivity index (χ1) is 7.85. The number of rotatable bonds is 6. The average Bonchev–Trinajstić information content (AvgIpc) is 2.97. The molecule has 1 aliphatic carbocycles. The third kappa shape index (κ3) is 3.21. The monoisotopic (exact) mass is 224 g/mol. The standard InChI is InChI=1S/C14H28N2/c1-2-14(8-3-4-9-14)12-15-11-7-13-6-5-10-16-13/h13,15-16H,2-12H2,1H3. The summed E-state index contributed by atoms with van der Waals surface area (Å²) in [6.07, 6.45) is 11.3. The van der Waals surface area contributed by atoms with Crippen LogP contribution in [0.4, 0.5) is 0 Å². The lowest BCUT2D eigenvalue weighted by Gasteiger charge is -2.28. The zero-order valence-electron chi connectivity index (χ0n) is 10.9. The Balaban J connectivity index is 1.59. The molecule has 1 heterocycles. The van der Waals surface area contributed by atoms with E-state index in [1.165, 1.54) is 71.0 Å². The molecule has 0 spiro atoms. The van der Waals surface area contributed by atoms with Crippen molar-refractivity contribution in [3.8, 4) is 0 Å². The fourth-order valence-corrected chi connectivity index (χ4v) is 3.41. The van der Waals surface area contributed by atoms with Crippen molar-refractivity contribution in [1.29, 1.82) is 0 Å². The Morgan fingerprint density at radius 3 is 2.69 bits per heavy atom. The van der Waals surface area contributed by atoms with Crippen molar-refractivity contribution in [2.45, 2.75) is 64.3 Å². The summed E-state index contributed by atoms with van der Waals surface area (Å²) in [5.74, 6) is 0. The van der Waals surface area contributed by atoms with Gasteiger partial charge in [-0.3, -0.25) is 0 Å². The van der Waals surface area contributed by atoms with Gasteiger partial charge in [-0.05, 0) is 57.0 Å². The van der Waals surface area contributed by atoms with E-state index in [0.29, 0.717) is 5.41 Å². The van der Waals surface area contributed by atoms with E-state index in [-0.39, 0.29) is 0 Å². The molecule has 1 saturated carbocycles. The van der Waals surface area contributed by atoms with Gasteiger partial charge in [-0.2, -0.15) is 0 Å². The molecular formula is C14H28N2. The largest absolute Gasteiger partial charge is 0.316 e. The quantitative estimate of drug-likeness (QED) is 0.678. The summed E-state index contributed by atoms with van der Waals surface area (Å²) in [6.45, 7) is 6.07. The minimum Gasteiger partial charge on any atom is -0.316 e. The number of hydrogen-bond donors (Lipinski definition) is 2. The molecule has 2 fully saturated rings. The van der Waals surface area contributed by atoms with Crippen LogP contribution in [0.5, 0.6) is 0 Å². The van der Waals surface area contributed by atoms with Gasteiger partial charge in [0.2, 0.25) is 0 Å². The third-order valence-corrected chi connectivity index (χ3v) is 4.75. The van der Waals surface area contributed by atoms with Crippen LogP contribution < -0.4 is 10.6 Å². The summed E-state index contributed by atoms with van der Waals surface area (Å²) in [7, 11) is 0. The first-order valence-electron chi connectivity index (χ1n) is 7.29. The lowest BCUT2D eigenvalue weighted by Crippen LogP contribution is -2.34. The van der Waals surface area contributed by atoms with E-state index < -0.39 is 0 Å². The molecule has 1 saturated heterocycles. The minimum absolute atomic E-state index is 0.656. The molecule has 2 rings (SSSR count). The topological polar surface area (TPSA) is 24.1 Å². The third-order valence-electron chi connectivity index (χ3n) is 4.75. The van der Waals surface area contributed by atoms with Gasteiger partial charge in [-0.1, -0.05) is 19.8 Å². The van der Waals surface area contributed by atoms with Crippen LogP contribution in [0.2, 0.25) is 0 Å². The molecule has 0 amide bonds. The molecule has 1 atom stereocenters. The van der Waals surface area contributed by atoms with E-state index in [1.54, 1.807) is 0 Å². The zero-order chi connectivity index (χ0) is 11.3. The van der Waals surface area contributed by atoms with Crippen molar-refractivity contribution in [3.63, 3.8) is 0 Å². The van der Waals surface area contributed by atoms with E-state index in [1.807, 2.05) is 0 Å². The van der Waals surface area contributed by atoms with Gasteiger partial charge >= 0.3 is 0 Å². The predicted octanol–water partition coefficient (Wildman–Crippen LogP) is 2.69. The van der Waals surface area contributed by atoms with Gasteiger partial charge in [0.15, 0.2) is 0 Å². The average molecular weight is 224 g/mol. The molecule has 94 valence electrons. The molecule has 0 radical (unpaired) electrons. The number of hydrogen-bond acceptors (Lipinski definition) is 2. The van der Waals surface area contributed by atoms with Crippen LogP contribution in [-0.2, 0) is 0 Å². The maximum absolute atomic E-state index is 3.71. The fourth-order valence-electron chi connectivity index (χ4n) is 3.41. The summed E-state index contributed by atoms with van der Waals surface area (Å²) < 4.78 is 0. The maximum atomic E-state index is 3.71.